The normalized spacial score (nSPS) is 17.1. The van der Waals surface area contributed by atoms with Crippen LogP contribution in [-0.4, -0.2) is 49.1 Å². The first-order valence-electron chi connectivity index (χ1n) is 9.27. The molecule has 1 aliphatic rings. The molecule has 1 aliphatic heterocycles. The second-order valence-electron chi connectivity index (χ2n) is 7.11. The first-order valence-corrected chi connectivity index (χ1v) is 9.27. The van der Waals surface area contributed by atoms with Gasteiger partial charge in [-0.3, -0.25) is 19.5 Å². The van der Waals surface area contributed by atoms with Gasteiger partial charge in [0.1, 0.15) is 18.9 Å². The fourth-order valence-corrected chi connectivity index (χ4v) is 3.85. The molecule has 0 saturated carbocycles. The van der Waals surface area contributed by atoms with Crippen LogP contribution < -0.4 is 11.3 Å². The van der Waals surface area contributed by atoms with Gasteiger partial charge in [-0.15, -0.1) is 0 Å². The average molecular weight is 382 g/mol. The summed E-state index contributed by atoms with van der Waals surface area (Å²) in [4.78, 5) is 42.7. The molecule has 2 amide bonds. The maximum Gasteiger partial charge on any atom is 0.274 e. The number of imidazole rings is 1. The van der Waals surface area contributed by atoms with Gasteiger partial charge in [-0.2, -0.15) is 0 Å². The molecule has 9 heteroatoms. The molecule has 1 saturated heterocycles. The number of carbonyl (C=O) groups is 2. The van der Waals surface area contributed by atoms with Crippen molar-refractivity contribution in [3.05, 3.63) is 52.8 Å². The van der Waals surface area contributed by atoms with E-state index in [2.05, 4.69) is 10.1 Å². The molecule has 1 atom stereocenters. The van der Waals surface area contributed by atoms with E-state index in [0.717, 1.165) is 18.7 Å². The van der Waals surface area contributed by atoms with Crippen LogP contribution in [0.1, 0.15) is 24.6 Å². The summed E-state index contributed by atoms with van der Waals surface area (Å²) >= 11 is 0. The molecule has 28 heavy (non-hydrogen) atoms. The second-order valence-corrected chi connectivity index (χ2v) is 7.11. The molecule has 9 nitrogen and oxygen atoms in total. The zero-order chi connectivity index (χ0) is 19.7. The number of rotatable bonds is 5. The summed E-state index contributed by atoms with van der Waals surface area (Å²) in [7, 11) is 0. The van der Waals surface area contributed by atoms with Gasteiger partial charge in [-0.1, -0.05) is 12.1 Å². The predicted molar refractivity (Wildman–Crippen MR) is 103 cm³/mol. The van der Waals surface area contributed by atoms with E-state index in [0.29, 0.717) is 24.0 Å². The summed E-state index contributed by atoms with van der Waals surface area (Å²) < 4.78 is 3.09. The molecule has 0 aliphatic carbocycles. The first-order chi connectivity index (χ1) is 13.5. The van der Waals surface area contributed by atoms with E-state index in [9.17, 15) is 14.4 Å². The average Bonchev–Trinajstić information content (AvgIpc) is 3.26. The Kier molecular flexibility index (Phi) is 4.72. The summed E-state index contributed by atoms with van der Waals surface area (Å²) in [6, 6.07) is 7.19. The van der Waals surface area contributed by atoms with Gasteiger partial charge in [-0.25, -0.2) is 9.67 Å². The predicted octanol–water partition coefficient (Wildman–Crippen LogP) is 0.418. The standard InChI is InChI=1S/C19H22N6O3/c20-16(26)11-24-9-7-21-18(24)13-4-3-8-23(10-13)17(27)12-25-19(28)14-5-1-2-6-15(14)22-25/h1-2,5-7,9,13,22H,3-4,8,10-12H2,(H2,20,26)/t13-/m1/s1. The quantitative estimate of drug-likeness (QED) is 0.664. The number of primary amides is 1. The van der Waals surface area contributed by atoms with Crippen LogP contribution in [-0.2, 0) is 22.7 Å². The molecule has 146 valence electrons. The fourth-order valence-electron chi connectivity index (χ4n) is 3.85. The Morgan fingerprint density at radius 3 is 2.86 bits per heavy atom. The van der Waals surface area contributed by atoms with Crippen LogP contribution in [0.15, 0.2) is 41.5 Å². The number of benzene rings is 1. The van der Waals surface area contributed by atoms with Crippen LogP contribution >= 0.6 is 0 Å². The number of para-hydroxylation sites is 1. The van der Waals surface area contributed by atoms with E-state index in [1.54, 1.807) is 34.0 Å². The number of hydrogen-bond donors (Lipinski definition) is 2. The fraction of sp³-hybridized carbons (Fsp3) is 0.368. The van der Waals surface area contributed by atoms with Gasteiger partial charge >= 0.3 is 0 Å². The number of nitrogens with two attached hydrogens (primary N) is 1. The zero-order valence-electron chi connectivity index (χ0n) is 15.4. The van der Waals surface area contributed by atoms with Crippen molar-refractivity contribution in [3.63, 3.8) is 0 Å². The number of nitrogens with zero attached hydrogens (tertiary/aromatic N) is 4. The molecule has 3 N–H and O–H groups in total. The van der Waals surface area contributed by atoms with Gasteiger partial charge in [-0.05, 0) is 25.0 Å². The number of amides is 2. The number of likely N-dealkylation sites (tertiary alicyclic amines) is 1. The van der Waals surface area contributed by atoms with Crippen LogP contribution in [0.4, 0.5) is 0 Å². The van der Waals surface area contributed by atoms with Crippen molar-refractivity contribution in [2.45, 2.75) is 31.8 Å². The van der Waals surface area contributed by atoms with E-state index >= 15 is 0 Å². The Morgan fingerprint density at radius 1 is 1.25 bits per heavy atom. The first kappa shape index (κ1) is 18.0. The lowest BCUT2D eigenvalue weighted by atomic mass is 9.97. The molecule has 0 unspecified atom stereocenters. The Morgan fingerprint density at radius 2 is 2.07 bits per heavy atom. The lowest BCUT2D eigenvalue weighted by Gasteiger charge is -2.32. The van der Waals surface area contributed by atoms with Gasteiger partial charge in [0.15, 0.2) is 0 Å². The lowest BCUT2D eigenvalue weighted by Crippen LogP contribution is -2.42. The monoisotopic (exact) mass is 382 g/mol. The Labute approximate surface area is 160 Å². The molecule has 4 rings (SSSR count). The summed E-state index contributed by atoms with van der Waals surface area (Å²) in [5.41, 5.74) is 5.82. The number of fused-ring (bicyclic) bond motifs is 1. The third-order valence-electron chi connectivity index (χ3n) is 5.16. The van der Waals surface area contributed by atoms with E-state index in [-0.39, 0.29) is 30.5 Å². The molecular weight excluding hydrogens is 360 g/mol. The molecule has 3 aromatic rings. The van der Waals surface area contributed by atoms with E-state index in [1.807, 2.05) is 12.1 Å². The van der Waals surface area contributed by atoms with Crippen molar-refractivity contribution in [2.75, 3.05) is 13.1 Å². The van der Waals surface area contributed by atoms with Crippen molar-refractivity contribution in [3.8, 4) is 0 Å². The number of nitrogens with one attached hydrogen (secondary N) is 1. The number of aromatic nitrogens is 4. The lowest BCUT2D eigenvalue weighted by molar-refractivity contribution is -0.133. The van der Waals surface area contributed by atoms with Crippen molar-refractivity contribution < 1.29 is 9.59 Å². The van der Waals surface area contributed by atoms with Gasteiger partial charge < -0.3 is 15.2 Å². The molecule has 1 fully saturated rings. The summed E-state index contributed by atoms with van der Waals surface area (Å²) in [6.45, 7) is 1.19. The van der Waals surface area contributed by atoms with E-state index < -0.39 is 5.91 Å². The van der Waals surface area contributed by atoms with Crippen LogP contribution in [0.2, 0.25) is 0 Å². The minimum Gasteiger partial charge on any atom is -0.368 e. The van der Waals surface area contributed by atoms with Gasteiger partial charge in [0.25, 0.3) is 5.56 Å². The highest BCUT2D eigenvalue weighted by atomic mass is 16.2. The molecule has 0 radical (unpaired) electrons. The number of hydrogen-bond acceptors (Lipinski definition) is 4. The van der Waals surface area contributed by atoms with Crippen LogP contribution in [0, 0.1) is 0 Å². The Bertz CT molecular complexity index is 1080. The van der Waals surface area contributed by atoms with Crippen molar-refractivity contribution in [2.24, 2.45) is 5.73 Å². The highest BCUT2D eigenvalue weighted by molar-refractivity contribution is 5.80. The molecule has 2 aromatic heterocycles. The third kappa shape index (κ3) is 3.42. The molecule has 0 bridgehead atoms. The van der Waals surface area contributed by atoms with Crippen molar-refractivity contribution in [1.29, 1.82) is 0 Å². The van der Waals surface area contributed by atoms with Crippen molar-refractivity contribution >= 4 is 22.7 Å². The van der Waals surface area contributed by atoms with E-state index in [4.69, 9.17) is 5.73 Å². The highest BCUT2D eigenvalue weighted by Gasteiger charge is 2.28. The minimum atomic E-state index is -0.429. The Hall–Kier alpha value is -3.36. The third-order valence-corrected chi connectivity index (χ3v) is 5.16. The molecule has 3 heterocycles. The Balaban J connectivity index is 1.49. The topological polar surface area (TPSA) is 119 Å². The van der Waals surface area contributed by atoms with Gasteiger partial charge in [0.05, 0.1) is 10.9 Å². The zero-order valence-corrected chi connectivity index (χ0v) is 15.4. The number of piperidine rings is 1. The number of aromatic amines is 1. The summed E-state index contributed by atoms with van der Waals surface area (Å²) in [6.07, 6.45) is 5.08. The molecule has 1 aromatic carbocycles. The maximum absolute atomic E-state index is 12.8. The number of carbonyl (C=O) groups excluding carboxylic acids is 2. The summed E-state index contributed by atoms with van der Waals surface area (Å²) in [5.74, 6) is 0.248. The van der Waals surface area contributed by atoms with Gasteiger partial charge in [0, 0.05) is 31.4 Å². The molecular formula is C19H22N6O3. The largest absolute Gasteiger partial charge is 0.368 e. The number of H-pyrrole nitrogens is 1. The van der Waals surface area contributed by atoms with Crippen LogP contribution in [0.25, 0.3) is 10.9 Å². The summed E-state index contributed by atoms with van der Waals surface area (Å²) in [5, 5.41) is 3.56. The van der Waals surface area contributed by atoms with Gasteiger partial charge in [0.2, 0.25) is 11.8 Å². The van der Waals surface area contributed by atoms with Crippen molar-refractivity contribution in [1.82, 2.24) is 24.2 Å². The SMILES string of the molecule is NC(=O)Cn1ccnc1[C@@H]1CCCN(C(=O)Cn2[nH]c3ccccc3c2=O)C1. The highest BCUT2D eigenvalue weighted by Crippen LogP contribution is 2.26. The second kappa shape index (κ2) is 7.34. The van der Waals surface area contributed by atoms with E-state index in [1.165, 1.54) is 4.68 Å². The minimum absolute atomic E-state index is 0.0318. The smallest absolute Gasteiger partial charge is 0.274 e. The molecule has 0 spiro atoms. The maximum atomic E-state index is 12.8. The van der Waals surface area contributed by atoms with Crippen LogP contribution in [0.5, 0.6) is 0 Å². The van der Waals surface area contributed by atoms with Crippen LogP contribution in [0.3, 0.4) is 0 Å².